The van der Waals surface area contributed by atoms with Crippen molar-refractivity contribution in [2.75, 3.05) is 31.1 Å². The molecule has 2 rings (SSSR count). The highest BCUT2D eigenvalue weighted by Crippen LogP contribution is 2.21. The summed E-state index contributed by atoms with van der Waals surface area (Å²) in [7, 11) is -2.91. The van der Waals surface area contributed by atoms with Gasteiger partial charge in [0.25, 0.3) is 0 Å². The molecular weight excluding hydrogens is 243 g/mol. The molecule has 4 nitrogen and oxygen atoms in total. The molecule has 2 aliphatic rings. The summed E-state index contributed by atoms with van der Waals surface area (Å²) in [4.78, 5) is 0. The summed E-state index contributed by atoms with van der Waals surface area (Å²) in [6, 6.07) is -0.0664. The van der Waals surface area contributed by atoms with Crippen LogP contribution >= 0.6 is 0 Å². The molecule has 2 atom stereocenters. The van der Waals surface area contributed by atoms with Crippen LogP contribution in [0.3, 0.4) is 0 Å². The Balaban J connectivity index is 1.81. The lowest BCUT2D eigenvalue weighted by atomic mass is 9.95. The number of sulfone groups is 1. The molecule has 6 heteroatoms. The Bertz CT molecular complexity index is 352. The van der Waals surface area contributed by atoms with Crippen LogP contribution in [0.2, 0.25) is 0 Å². The van der Waals surface area contributed by atoms with Crippen molar-refractivity contribution >= 4 is 9.84 Å². The van der Waals surface area contributed by atoms with Crippen molar-refractivity contribution in [1.82, 2.24) is 10.6 Å². The molecule has 100 valence electrons. The first-order chi connectivity index (χ1) is 7.99. The summed E-state index contributed by atoms with van der Waals surface area (Å²) < 4.78 is 37.1. The molecule has 0 spiro atoms. The van der Waals surface area contributed by atoms with Crippen molar-refractivity contribution < 1.29 is 12.8 Å². The Labute approximate surface area is 102 Å². The van der Waals surface area contributed by atoms with Gasteiger partial charge >= 0.3 is 0 Å². The van der Waals surface area contributed by atoms with Crippen molar-refractivity contribution in [2.24, 2.45) is 0 Å². The van der Waals surface area contributed by atoms with E-state index in [1.165, 1.54) is 0 Å². The predicted molar refractivity (Wildman–Crippen MR) is 65.6 cm³/mol. The summed E-state index contributed by atoms with van der Waals surface area (Å²) in [5.41, 5.74) is -1.21. The van der Waals surface area contributed by atoms with Crippen LogP contribution in [-0.4, -0.2) is 51.3 Å². The number of hydrogen-bond donors (Lipinski definition) is 2. The number of halogens is 1. The molecule has 2 aliphatic heterocycles. The summed E-state index contributed by atoms with van der Waals surface area (Å²) in [5.74, 6) is 0.448. The summed E-state index contributed by atoms with van der Waals surface area (Å²) >= 11 is 0. The van der Waals surface area contributed by atoms with Gasteiger partial charge in [-0.3, -0.25) is 0 Å². The Kier molecular flexibility index (Phi) is 4.05. The van der Waals surface area contributed by atoms with Crippen molar-refractivity contribution in [3.05, 3.63) is 0 Å². The minimum absolute atomic E-state index is 0.0664. The van der Waals surface area contributed by atoms with Gasteiger partial charge in [0.05, 0.1) is 11.5 Å². The molecule has 0 radical (unpaired) electrons. The predicted octanol–water partition coefficient (Wildman–Crippen LogP) is 0.245. The fourth-order valence-corrected chi connectivity index (χ4v) is 4.26. The maximum absolute atomic E-state index is 14.2. The van der Waals surface area contributed by atoms with Crippen LogP contribution in [-0.2, 0) is 9.84 Å². The number of alkyl halides is 1. The molecule has 0 amide bonds. The quantitative estimate of drug-likeness (QED) is 0.767. The van der Waals surface area contributed by atoms with Gasteiger partial charge in [0, 0.05) is 19.1 Å². The molecule has 0 aromatic carbocycles. The summed E-state index contributed by atoms with van der Waals surface area (Å²) in [6.45, 7) is 1.52. The van der Waals surface area contributed by atoms with E-state index in [4.69, 9.17) is 0 Å². The maximum Gasteiger partial charge on any atom is 0.151 e. The lowest BCUT2D eigenvalue weighted by Gasteiger charge is -2.33. The van der Waals surface area contributed by atoms with Crippen LogP contribution in [0.5, 0.6) is 0 Å². The summed E-state index contributed by atoms with van der Waals surface area (Å²) in [6.07, 6.45) is 2.94. The first-order valence-corrected chi connectivity index (χ1v) is 8.15. The molecule has 2 unspecified atom stereocenters. The third-order valence-electron chi connectivity index (χ3n) is 3.59. The number of hydrogen-bond acceptors (Lipinski definition) is 4. The zero-order chi connectivity index (χ0) is 12.4. The van der Waals surface area contributed by atoms with Gasteiger partial charge in [-0.1, -0.05) is 0 Å². The first kappa shape index (κ1) is 13.2. The molecule has 2 saturated heterocycles. The monoisotopic (exact) mass is 264 g/mol. The molecule has 2 fully saturated rings. The highest BCUT2D eigenvalue weighted by Gasteiger charge is 2.33. The molecule has 2 heterocycles. The van der Waals surface area contributed by atoms with Gasteiger partial charge in [-0.05, 0) is 32.2 Å². The van der Waals surface area contributed by atoms with E-state index in [1.807, 2.05) is 0 Å². The Morgan fingerprint density at radius 3 is 2.88 bits per heavy atom. The van der Waals surface area contributed by atoms with E-state index >= 15 is 0 Å². The first-order valence-electron chi connectivity index (χ1n) is 6.33. The van der Waals surface area contributed by atoms with Gasteiger partial charge in [-0.25, -0.2) is 12.8 Å². The van der Waals surface area contributed by atoms with Crippen LogP contribution in [0.4, 0.5) is 4.39 Å². The number of piperidine rings is 1. The molecular formula is C11H21FN2O2S. The molecule has 0 aromatic heterocycles. The van der Waals surface area contributed by atoms with Crippen molar-refractivity contribution in [1.29, 1.82) is 0 Å². The third kappa shape index (κ3) is 3.89. The fourth-order valence-electron chi connectivity index (χ4n) is 2.59. The second-order valence-corrected chi connectivity index (χ2v) is 7.49. The fraction of sp³-hybridized carbons (Fsp3) is 1.00. The minimum atomic E-state index is -2.91. The zero-order valence-corrected chi connectivity index (χ0v) is 10.9. The van der Waals surface area contributed by atoms with Gasteiger partial charge in [-0.2, -0.15) is 0 Å². The Morgan fingerprint density at radius 2 is 2.24 bits per heavy atom. The average molecular weight is 264 g/mol. The van der Waals surface area contributed by atoms with Crippen LogP contribution in [0.1, 0.15) is 25.7 Å². The van der Waals surface area contributed by atoms with E-state index in [1.54, 1.807) is 0 Å². The topological polar surface area (TPSA) is 58.2 Å². The largest absolute Gasteiger partial charge is 0.313 e. The number of rotatable bonds is 3. The molecule has 17 heavy (non-hydrogen) atoms. The second kappa shape index (κ2) is 5.20. The molecule has 0 saturated carbocycles. The van der Waals surface area contributed by atoms with Crippen LogP contribution in [0, 0.1) is 0 Å². The normalized spacial score (nSPS) is 37.8. The van der Waals surface area contributed by atoms with Gasteiger partial charge in [0.2, 0.25) is 0 Å². The maximum atomic E-state index is 14.2. The van der Waals surface area contributed by atoms with Gasteiger partial charge < -0.3 is 10.6 Å². The molecule has 2 N–H and O–H groups in total. The third-order valence-corrected chi connectivity index (χ3v) is 5.41. The van der Waals surface area contributed by atoms with Gasteiger partial charge in [0.15, 0.2) is 9.84 Å². The van der Waals surface area contributed by atoms with Gasteiger partial charge in [-0.15, -0.1) is 0 Å². The van der Waals surface area contributed by atoms with Crippen LogP contribution in [0.15, 0.2) is 0 Å². The Hall–Kier alpha value is -0.200. The van der Waals surface area contributed by atoms with Gasteiger partial charge in [0.1, 0.15) is 5.67 Å². The molecule has 0 aromatic rings. The van der Waals surface area contributed by atoms with E-state index in [9.17, 15) is 12.8 Å². The van der Waals surface area contributed by atoms with Crippen molar-refractivity contribution in [3.63, 3.8) is 0 Å². The van der Waals surface area contributed by atoms with Crippen LogP contribution < -0.4 is 10.6 Å². The standard InChI is InChI=1S/C11H21FN2O2S/c12-11(4-2-5-13-8-11)9-14-10-3-1-6-17(15,16)7-10/h10,13-14H,1-9H2. The van der Waals surface area contributed by atoms with E-state index in [0.717, 1.165) is 19.4 Å². The van der Waals surface area contributed by atoms with E-state index < -0.39 is 15.5 Å². The van der Waals surface area contributed by atoms with Crippen molar-refractivity contribution in [2.45, 2.75) is 37.4 Å². The molecule has 0 aliphatic carbocycles. The van der Waals surface area contributed by atoms with Crippen molar-refractivity contribution in [3.8, 4) is 0 Å². The highest BCUT2D eigenvalue weighted by atomic mass is 32.2. The second-order valence-electron chi connectivity index (χ2n) is 5.27. The molecule has 0 bridgehead atoms. The van der Waals surface area contributed by atoms with E-state index in [0.29, 0.717) is 19.4 Å². The van der Waals surface area contributed by atoms with E-state index in [-0.39, 0.29) is 24.1 Å². The summed E-state index contributed by atoms with van der Waals surface area (Å²) in [5, 5.41) is 6.14. The van der Waals surface area contributed by atoms with E-state index in [2.05, 4.69) is 10.6 Å². The minimum Gasteiger partial charge on any atom is -0.313 e. The Morgan fingerprint density at radius 1 is 1.41 bits per heavy atom. The van der Waals surface area contributed by atoms with Crippen LogP contribution in [0.25, 0.3) is 0 Å². The smallest absolute Gasteiger partial charge is 0.151 e. The SMILES string of the molecule is O=S1(=O)CCCC(NCC2(F)CCCNC2)C1. The highest BCUT2D eigenvalue weighted by molar-refractivity contribution is 7.91. The lowest BCUT2D eigenvalue weighted by molar-refractivity contribution is 0.116. The zero-order valence-electron chi connectivity index (χ0n) is 10.0. The number of nitrogens with one attached hydrogen (secondary N) is 2. The average Bonchev–Trinajstić information content (AvgIpc) is 2.26. The lowest BCUT2D eigenvalue weighted by Crippen LogP contribution is -2.52.